The van der Waals surface area contributed by atoms with Crippen LogP contribution in [0.25, 0.3) is 0 Å². The second-order valence-corrected chi connectivity index (χ2v) is 5.22. The zero-order valence-corrected chi connectivity index (χ0v) is 11.4. The number of halogens is 2. The van der Waals surface area contributed by atoms with E-state index in [4.69, 9.17) is 5.73 Å². The fourth-order valence-electron chi connectivity index (χ4n) is 1.75. The second-order valence-electron chi connectivity index (χ2n) is 5.22. The van der Waals surface area contributed by atoms with Crippen LogP contribution in [0.3, 0.4) is 0 Å². The molecule has 2 N–H and O–H groups in total. The summed E-state index contributed by atoms with van der Waals surface area (Å²) in [5.74, 6) is 0.0168. The van der Waals surface area contributed by atoms with E-state index in [9.17, 15) is 13.6 Å². The van der Waals surface area contributed by atoms with Crippen LogP contribution in [0, 0.1) is 0 Å². The lowest BCUT2D eigenvalue weighted by Gasteiger charge is -2.26. The minimum absolute atomic E-state index is 0.0168. The highest BCUT2D eigenvalue weighted by molar-refractivity contribution is 5.36. The van der Waals surface area contributed by atoms with Crippen LogP contribution in [-0.4, -0.2) is 35.6 Å². The van der Waals surface area contributed by atoms with Crippen LogP contribution in [0.15, 0.2) is 17.2 Å². The summed E-state index contributed by atoms with van der Waals surface area (Å²) >= 11 is 0. The van der Waals surface area contributed by atoms with Crippen molar-refractivity contribution in [3.63, 3.8) is 0 Å². The molecule has 108 valence electrons. The van der Waals surface area contributed by atoms with E-state index in [-0.39, 0.29) is 24.5 Å². The van der Waals surface area contributed by atoms with Crippen LogP contribution < -0.4 is 16.2 Å². The van der Waals surface area contributed by atoms with Gasteiger partial charge in [-0.05, 0) is 20.8 Å². The van der Waals surface area contributed by atoms with Gasteiger partial charge in [-0.25, -0.2) is 13.8 Å². The van der Waals surface area contributed by atoms with E-state index in [1.807, 2.05) is 20.8 Å². The smallest absolute Gasteiger partial charge is 0.293 e. The molecular weight excluding hydrogens is 254 g/mol. The van der Waals surface area contributed by atoms with Crippen LogP contribution in [-0.2, 0) is 5.54 Å². The van der Waals surface area contributed by atoms with Gasteiger partial charge in [0.05, 0.1) is 6.54 Å². The Morgan fingerprint density at radius 1 is 1.47 bits per heavy atom. The van der Waals surface area contributed by atoms with E-state index < -0.39 is 18.5 Å². The summed E-state index contributed by atoms with van der Waals surface area (Å²) in [6.45, 7) is 5.38. The molecule has 1 rings (SSSR count). The number of nitrogens with zero attached hydrogens (tertiary/aromatic N) is 3. The molecule has 1 heterocycles. The van der Waals surface area contributed by atoms with Crippen molar-refractivity contribution in [2.24, 2.45) is 5.73 Å². The molecule has 5 nitrogen and oxygen atoms in total. The lowest BCUT2D eigenvalue weighted by molar-refractivity contribution is 0.154. The van der Waals surface area contributed by atoms with Gasteiger partial charge in [-0.15, -0.1) is 0 Å². The highest BCUT2D eigenvalue weighted by Gasteiger charge is 2.21. The fraction of sp³-hybridized carbons (Fsp3) is 0.667. The molecule has 0 unspecified atom stereocenters. The van der Waals surface area contributed by atoms with Crippen molar-refractivity contribution in [2.75, 3.05) is 24.5 Å². The Balaban J connectivity index is 3.21. The van der Waals surface area contributed by atoms with Crippen LogP contribution in [0.2, 0.25) is 0 Å². The van der Waals surface area contributed by atoms with E-state index in [1.54, 1.807) is 6.20 Å². The highest BCUT2D eigenvalue weighted by Crippen LogP contribution is 2.13. The summed E-state index contributed by atoms with van der Waals surface area (Å²) in [6, 6.07) is 0. The molecule has 0 aliphatic heterocycles. The maximum absolute atomic E-state index is 12.5. The minimum atomic E-state index is -2.55. The summed E-state index contributed by atoms with van der Waals surface area (Å²) in [6.07, 6.45) is 0.447. The molecule has 19 heavy (non-hydrogen) atoms. The van der Waals surface area contributed by atoms with Gasteiger partial charge in [0.25, 0.3) is 12.0 Å². The number of rotatable bonds is 5. The third kappa shape index (κ3) is 3.99. The van der Waals surface area contributed by atoms with E-state index in [2.05, 4.69) is 4.98 Å². The first-order chi connectivity index (χ1) is 8.77. The highest BCUT2D eigenvalue weighted by atomic mass is 19.3. The van der Waals surface area contributed by atoms with Crippen molar-refractivity contribution in [3.05, 3.63) is 22.7 Å². The maximum Gasteiger partial charge on any atom is 0.293 e. The second kappa shape index (κ2) is 6.10. The Morgan fingerprint density at radius 2 is 2.11 bits per heavy atom. The third-order valence-corrected chi connectivity index (χ3v) is 2.60. The summed E-state index contributed by atoms with van der Waals surface area (Å²) < 4.78 is 26.6. The van der Waals surface area contributed by atoms with E-state index >= 15 is 0 Å². The lowest BCUT2D eigenvalue weighted by atomic mass is 10.1. The number of anilines is 1. The molecule has 0 fully saturated rings. The van der Waals surface area contributed by atoms with Gasteiger partial charge in [-0.3, -0.25) is 4.79 Å². The van der Waals surface area contributed by atoms with E-state index in [0.29, 0.717) is 0 Å². The largest absolute Gasteiger partial charge is 0.345 e. The van der Waals surface area contributed by atoms with Crippen LogP contribution in [0.1, 0.15) is 20.8 Å². The molecule has 0 saturated carbocycles. The van der Waals surface area contributed by atoms with Crippen molar-refractivity contribution >= 4 is 5.82 Å². The molecule has 0 saturated heterocycles. The molecule has 0 bridgehead atoms. The van der Waals surface area contributed by atoms with Crippen molar-refractivity contribution in [1.29, 1.82) is 0 Å². The van der Waals surface area contributed by atoms with Crippen molar-refractivity contribution in [1.82, 2.24) is 9.55 Å². The van der Waals surface area contributed by atoms with Gasteiger partial charge in [0.2, 0.25) is 0 Å². The number of hydrogen-bond acceptors (Lipinski definition) is 4. The van der Waals surface area contributed by atoms with Gasteiger partial charge >= 0.3 is 0 Å². The van der Waals surface area contributed by atoms with Crippen molar-refractivity contribution in [2.45, 2.75) is 32.7 Å². The Bertz CT molecular complexity index is 468. The summed E-state index contributed by atoms with van der Waals surface area (Å²) in [7, 11) is 0. The Kier molecular flexibility index (Phi) is 4.99. The zero-order valence-electron chi connectivity index (χ0n) is 11.4. The molecule has 0 radical (unpaired) electrons. The fourth-order valence-corrected chi connectivity index (χ4v) is 1.75. The first-order valence-corrected chi connectivity index (χ1v) is 6.08. The van der Waals surface area contributed by atoms with Gasteiger partial charge in [0.15, 0.2) is 5.82 Å². The molecule has 1 aromatic heterocycles. The van der Waals surface area contributed by atoms with E-state index in [0.717, 1.165) is 0 Å². The van der Waals surface area contributed by atoms with Crippen molar-refractivity contribution in [3.8, 4) is 0 Å². The number of aromatic nitrogens is 2. The Morgan fingerprint density at radius 3 is 2.58 bits per heavy atom. The Hall–Kier alpha value is -1.50. The summed E-state index contributed by atoms with van der Waals surface area (Å²) in [4.78, 5) is 17.4. The molecule has 0 atom stereocenters. The third-order valence-electron chi connectivity index (χ3n) is 2.60. The molecule has 0 aliphatic rings. The molecular formula is C12H20F2N4O. The minimum Gasteiger partial charge on any atom is -0.345 e. The number of nitrogens with two attached hydrogens (primary N) is 1. The average Bonchev–Trinajstić information content (AvgIpc) is 2.26. The predicted molar refractivity (Wildman–Crippen MR) is 70.8 cm³/mol. The van der Waals surface area contributed by atoms with Gasteiger partial charge < -0.3 is 15.2 Å². The lowest BCUT2D eigenvalue weighted by Crippen LogP contribution is -2.42. The summed E-state index contributed by atoms with van der Waals surface area (Å²) in [5.41, 5.74) is 4.57. The quantitative estimate of drug-likeness (QED) is 0.871. The van der Waals surface area contributed by atoms with Gasteiger partial charge in [-0.1, -0.05) is 0 Å². The summed E-state index contributed by atoms with van der Waals surface area (Å²) in [5, 5.41) is 0. The van der Waals surface area contributed by atoms with Gasteiger partial charge in [-0.2, -0.15) is 0 Å². The van der Waals surface area contributed by atoms with Gasteiger partial charge in [0.1, 0.15) is 0 Å². The molecule has 0 aliphatic carbocycles. The number of hydrogen-bond donors (Lipinski definition) is 1. The van der Waals surface area contributed by atoms with Crippen LogP contribution >= 0.6 is 0 Å². The van der Waals surface area contributed by atoms with Crippen LogP contribution in [0.4, 0.5) is 14.6 Å². The van der Waals surface area contributed by atoms with Gasteiger partial charge in [0, 0.05) is 31.0 Å². The molecule has 1 aromatic rings. The molecule has 0 amide bonds. The first-order valence-electron chi connectivity index (χ1n) is 6.08. The number of alkyl halides is 2. The SMILES string of the molecule is CC(C)(C)n1ccnc(N(CCN)CC(F)F)c1=O. The average molecular weight is 274 g/mol. The normalized spacial score (nSPS) is 11.9. The predicted octanol–water partition coefficient (Wildman–Crippen LogP) is 1.03. The zero-order chi connectivity index (χ0) is 14.6. The van der Waals surface area contributed by atoms with Crippen LogP contribution in [0.5, 0.6) is 0 Å². The first kappa shape index (κ1) is 15.6. The molecule has 7 heteroatoms. The molecule has 0 spiro atoms. The standard InChI is InChI=1S/C12H20F2N4O/c1-12(2,3)18-7-5-16-10(11(18)19)17(6-4-15)8-9(13)14/h5,7,9H,4,6,8,15H2,1-3H3. The van der Waals surface area contributed by atoms with E-state index in [1.165, 1.54) is 15.7 Å². The topological polar surface area (TPSA) is 64.2 Å². The molecule has 0 aromatic carbocycles. The Labute approximate surface area is 111 Å². The monoisotopic (exact) mass is 274 g/mol. The van der Waals surface area contributed by atoms with Crippen molar-refractivity contribution < 1.29 is 8.78 Å². The maximum atomic E-state index is 12.5.